The van der Waals surface area contributed by atoms with E-state index in [4.69, 9.17) is 0 Å². The molecule has 0 saturated carbocycles. The molecule has 3 heterocycles. The summed E-state index contributed by atoms with van der Waals surface area (Å²) >= 11 is 0. The molecule has 0 spiro atoms. The average Bonchev–Trinajstić information content (AvgIpc) is 3.07. The van der Waals surface area contributed by atoms with E-state index in [0.29, 0.717) is 0 Å². The molecule has 5 rings (SSSR count). The summed E-state index contributed by atoms with van der Waals surface area (Å²) in [4.78, 5) is 15.8. The van der Waals surface area contributed by atoms with Gasteiger partial charge in [0, 0.05) is 18.3 Å². The van der Waals surface area contributed by atoms with E-state index in [1.165, 1.54) is 0 Å². The maximum absolute atomic E-state index is 9.97. The van der Waals surface area contributed by atoms with Crippen LogP contribution in [-0.2, 0) is 6.42 Å². The smallest absolute Gasteiger partial charge is 0.147 e. The SMILES string of the molecule is CC1Cc2c(ncnc2-n2cnc3ccccc32)N(C)c2ccc(O)cc21. The van der Waals surface area contributed by atoms with E-state index >= 15 is 0 Å². The molecule has 1 aliphatic rings. The van der Waals surface area contributed by atoms with Crippen LogP contribution in [0.4, 0.5) is 11.5 Å². The van der Waals surface area contributed by atoms with Gasteiger partial charge in [-0.05, 0) is 48.2 Å². The highest BCUT2D eigenvalue weighted by Crippen LogP contribution is 2.41. The van der Waals surface area contributed by atoms with Gasteiger partial charge in [0.1, 0.15) is 30.0 Å². The van der Waals surface area contributed by atoms with Gasteiger partial charge in [0.15, 0.2) is 0 Å². The highest BCUT2D eigenvalue weighted by atomic mass is 16.3. The molecule has 2 aromatic heterocycles. The van der Waals surface area contributed by atoms with Crippen LogP contribution in [0.25, 0.3) is 16.9 Å². The summed E-state index contributed by atoms with van der Waals surface area (Å²) in [5.74, 6) is 2.24. The molecule has 0 bridgehead atoms. The molecule has 0 fully saturated rings. The number of fused-ring (bicyclic) bond motifs is 3. The van der Waals surface area contributed by atoms with Crippen molar-refractivity contribution in [1.82, 2.24) is 19.5 Å². The van der Waals surface area contributed by atoms with Crippen LogP contribution in [0.3, 0.4) is 0 Å². The molecule has 4 aromatic rings. The number of aromatic nitrogens is 4. The number of phenols is 1. The number of phenolic OH excluding ortho intramolecular Hbond substituents is 1. The number of benzene rings is 2. The zero-order chi connectivity index (χ0) is 18.5. The molecular weight excluding hydrogens is 338 g/mol. The fourth-order valence-corrected chi connectivity index (χ4v) is 3.97. The molecule has 0 amide bonds. The Hall–Kier alpha value is -3.41. The minimum absolute atomic E-state index is 0.218. The third-order valence-electron chi connectivity index (χ3n) is 5.31. The van der Waals surface area contributed by atoms with Crippen LogP contribution < -0.4 is 4.90 Å². The van der Waals surface area contributed by atoms with E-state index in [1.54, 1.807) is 12.4 Å². The Labute approximate surface area is 156 Å². The standard InChI is InChI=1S/C21H19N5O/c1-13-9-16-20(25(2)18-8-7-14(27)10-15(13)18)22-11-23-21(16)26-12-24-17-5-3-4-6-19(17)26/h3-8,10-13,27H,9H2,1-2H3. The monoisotopic (exact) mass is 357 g/mol. The van der Waals surface area contributed by atoms with Crippen molar-refractivity contribution in [2.75, 3.05) is 11.9 Å². The number of hydrogen-bond donors (Lipinski definition) is 1. The van der Waals surface area contributed by atoms with Crippen LogP contribution in [0.1, 0.15) is 24.0 Å². The van der Waals surface area contributed by atoms with Crippen molar-refractivity contribution in [3.05, 3.63) is 66.2 Å². The van der Waals surface area contributed by atoms with Gasteiger partial charge in [0.25, 0.3) is 0 Å². The summed E-state index contributed by atoms with van der Waals surface area (Å²) in [6.45, 7) is 2.17. The Morgan fingerprint density at radius 3 is 2.74 bits per heavy atom. The maximum atomic E-state index is 9.97. The van der Waals surface area contributed by atoms with Crippen molar-refractivity contribution >= 4 is 22.5 Å². The minimum Gasteiger partial charge on any atom is -0.508 e. The van der Waals surface area contributed by atoms with E-state index in [1.807, 2.05) is 54.3 Å². The summed E-state index contributed by atoms with van der Waals surface area (Å²) in [5.41, 5.74) is 5.20. The van der Waals surface area contributed by atoms with Gasteiger partial charge >= 0.3 is 0 Å². The normalized spacial score (nSPS) is 16.1. The second-order valence-corrected chi connectivity index (χ2v) is 7.01. The van der Waals surface area contributed by atoms with E-state index in [9.17, 15) is 5.11 Å². The highest BCUT2D eigenvalue weighted by molar-refractivity contribution is 5.78. The zero-order valence-electron chi connectivity index (χ0n) is 15.2. The molecule has 6 nitrogen and oxygen atoms in total. The number of imidazole rings is 1. The molecule has 0 radical (unpaired) electrons. The van der Waals surface area contributed by atoms with Gasteiger partial charge in [-0.25, -0.2) is 15.0 Å². The molecule has 0 saturated heterocycles. The molecule has 6 heteroatoms. The first-order chi connectivity index (χ1) is 13.1. The zero-order valence-corrected chi connectivity index (χ0v) is 15.2. The van der Waals surface area contributed by atoms with Gasteiger partial charge < -0.3 is 10.0 Å². The lowest BCUT2D eigenvalue weighted by atomic mass is 9.94. The van der Waals surface area contributed by atoms with Crippen LogP contribution in [0.15, 0.2) is 55.1 Å². The Kier molecular flexibility index (Phi) is 3.40. The van der Waals surface area contributed by atoms with E-state index in [-0.39, 0.29) is 11.7 Å². The molecule has 27 heavy (non-hydrogen) atoms. The first-order valence-electron chi connectivity index (χ1n) is 8.96. The van der Waals surface area contributed by atoms with Crippen molar-refractivity contribution < 1.29 is 5.11 Å². The van der Waals surface area contributed by atoms with Gasteiger partial charge in [-0.15, -0.1) is 0 Å². The van der Waals surface area contributed by atoms with Crippen LogP contribution in [-0.4, -0.2) is 31.7 Å². The largest absolute Gasteiger partial charge is 0.508 e. The summed E-state index contributed by atoms with van der Waals surface area (Å²) in [5, 5.41) is 9.97. The first-order valence-corrected chi connectivity index (χ1v) is 8.96. The van der Waals surface area contributed by atoms with Gasteiger partial charge in [-0.1, -0.05) is 19.1 Å². The van der Waals surface area contributed by atoms with Crippen molar-refractivity contribution in [2.24, 2.45) is 0 Å². The summed E-state index contributed by atoms with van der Waals surface area (Å²) in [6.07, 6.45) is 4.20. The predicted molar refractivity (Wildman–Crippen MR) is 105 cm³/mol. The van der Waals surface area contributed by atoms with Crippen molar-refractivity contribution in [3.8, 4) is 11.6 Å². The Morgan fingerprint density at radius 1 is 1.04 bits per heavy atom. The lowest BCUT2D eigenvalue weighted by Gasteiger charge is -2.21. The fraction of sp³-hybridized carbons (Fsp3) is 0.190. The molecule has 1 aliphatic heterocycles. The third kappa shape index (κ3) is 2.37. The fourth-order valence-electron chi connectivity index (χ4n) is 3.97. The quantitative estimate of drug-likeness (QED) is 0.559. The number of para-hydroxylation sites is 2. The number of rotatable bonds is 1. The van der Waals surface area contributed by atoms with Crippen molar-refractivity contribution in [1.29, 1.82) is 0 Å². The number of nitrogens with zero attached hydrogens (tertiary/aromatic N) is 5. The second-order valence-electron chi connectivity index (χ2n) is 7.01. The molecule has 1 atom stereocenters. The van der Waals surface area contributed by atoms with Gasteiger partial charge in [-0.3, -0.25) is 4.57 Å². The molecular formula is C21H19N5O. The average molecular weight is 357 g/mol. The van der Waals surface area contributed by atoms with Crippen LogP contribution >= 0.6 is 0 Å². The molecule has 2 aromatic carbocycles. The summed E-state index contributed by atoms with van der Waals surface area (Å²) in [6, 6.07) is 13.6. The number of aromatic hydroxyl groups is 1. The summed E-state index contributed by atoms with van der Waals surface area (Å²) in [7, 11) is 2.01. The molecule has 1 unspecified atom stereocenters. The molecule has 1 N–H and O–H groups in total. The molecule has 134 valence electrons. The lowest BCUT2D eigenvalue weighted by molar-refractivity contribution is 0.474. The van der Waals surface area contributed by atoms with Gasteiger partial charge in [0.05, 0.1) is 11.0 Å². The maximum Gasteiger partial charge on any atom is 0.147 e. The first kappa shape index (κ1) is 15.8. The van der Waals surface area contributed by atoms with Crippen LogP contribution in [0.2, 0.25) is 0 Å². The van der Waals surface area contributed by atoms with Crippen molar-refractivity contribution in [3.63, 3.8) is 0 Å². The van der Waals surface area contributed by atoms with Gasteiger partial charge in [0.2, 0.25) is 0 Å². The topological polar surface area (TPSA) is 67.1 Å². The Morgan fingerprint density at radius 2 is 1.85 bits per heavy atom. The highest BCUT2D eigenvalue weighted by Gasteiger charge is 2.27. The Bertz CT molecular complexity index is 1170. The third-order valence-corrected chi connectivity index (χ3v) is 5.31. The Balaban J connectivity index is 1.74. The molecule has 0 aliphatic carbocycles. The van der Waals surface area contributed by atoms with E-state index < -0.39 is 0 Å². The lowest BCUT2D eigenvalue weighted by Crippen LogP contribution is -2.15. The number of anilines is 2. The predicted octanol–water partition coefficient (Wildman–Crippen LogP) is 3.95. The number of hydrogen-bond acceptors (Lipinski definition) is 5. The van der Waals surface area contributed by atoms with Crippen molar-refractivity contribution in [2.45, 2.75) is 19.3 Å². The summed E-state index contributed by atoms with van der Waals surface area (Å²) < 4.78 is 2.03. The minimum atomic E-state index is 0.218. The second kappa shape index (κ2) is 5.81. The van der Waals surface area contributed by atoms with Crippen LogP contribution in [0, 0.1) is 0 Å². The van der Waals surface area contributed by atoms with E-state index in [2.05, 4.69) is 26.8 Å². The van der Waals surface area contributed by atoms with Gasteiger partial charge in [-0.2, -0.15) is 0 Å². The van der Waals surface area contributed by atoms with E-state index in [0.717, 1.165) is 45.9 Å². The van der Waals surface area contributed by atoms with Crippen LogP contribution in [0.5, 0.6) is 5.75 Å².